The van der Waals surface area contributed by atoms with E-state index in [1.807, 2.05) is 13.8 Å². The summed E-state index contributed by atoms with van der Waals surface area (Å²) >= 11 is 0. The molecule has 0 radical (unpaired) electrons. The Hall–Kier alpha value is -3.52. The molecule has 8 nitrogen and oxygen atoms in total. The van der Waals surface area contributed by atoms with Crippen molar-refractivity contribution in [2.45, 2.75) is 33.7 Å². The number of nitrogens with one attached hydrogen (secondary N) is 1. The third kappa shape index (κ3) is 5.33. The third-order valence-corrected chi connectivity index (χ3v) is 6.70. The number of ether oxygens (including phenoxy) is 3. The number of amides is 1. The van der Waals surface area contributed by atoms with Crippen LogP contribution in [-0.4, -0.2) is 63.6 Å². The van der Waals surface area contributed by atoms with Crippen LogP contribution in [0.15, 0.2) is 42.0 Å². The van der Waals surface area contributed by atoms with E-state index in [2.05, 4.69) is 13.8 Å². The number of methoxy groups -OCH3 is 2. The molecule has 1 saturated heterocycles. The molecule has 1 unspecified atom stereocenters. The van der Waals surface area contributed by atoms with Crippen LogP contribution in [0, 0.1) is 6.92 Å². The fourth-order valence-electron chi connectivity index (χ4n) is 4.63. The molecule has 1 atom stereocenters. The van der Waals surface area contributed by atoms with Gasteiger partial charge >= 0.3 is 0 Å². The maximum Gasteiger partial charge on any atom is 0.295 e. The van der Waals surface area contributed by atoms with E-state index in [1.54, 1.807) is 43.5 Å². The Morgan fingerprint density at radius 3 is 2.22 bits per heavy atom. The predicted octanol–water partition coefficient (Wildman–Crippen LogP) is 1.56. The van der Waals surface area contributed by atoms with E-state index in [4.69, 9.17) is 14.2 Å². The highest BCUT2D eigenvalue weighted by atomic mass is 16.5. The number of hydrogen-bond acceptors (Lipinski definition) is 6. The second-order valence-corrected chi connectivity index (χ2v) is 8.71. The molecule has 8 heteroatoms. The lowest BCUT2D eigenvalue weighted by molar-refractivity contribution is -0.895. The zero-order chi connectivity index (χ0) is 26.4. The molecule has 0 aromatic heterocycles. The monoisotopic (exact) mass is 496 g/mol. The minimum atomic E-state index is -0.820. The van der Waals surface area contributed by atoms with E-state index >= 15 is 0 Å². The summed E-state index contributed by atoms with van der Waals surface area (Å²) < 4.78 is 16.5. The van der Waals surface area contributed by atoms with E-state index in [0.717, 1.165) is 18.7 Å². The van der Waals surface area contributed by atoms with Crippen LogP contribution in [0.25, 0.3) is 5.76 Å². The van der Waals surface area contributed by atoms with E-state index in [1.165, 1.54) is 16.9 Å². The molecule has 36 heavy (non-hydrogen) atoms. The molecule has 1 aliphatic heterocycles. The van der Waals surface area contributed by atoms with E-state index in [9.17, 15) is 14.7 Å². The molecule has 194 valence electrons. The van der Waals surface area contributed by atoms with Crippen molar-refractivity contribution in [1.29, 1.82) is 0 Å². The summed E-state index contributed by atoms with van der Waals surface area (Å²) in [7, 11) is 3.09. The van der Waals surface area contributed by atoms with Crippen LogP contribution >= 0.6 is 0 Å². The van der Waals surface area contributed by atoms with Gasteiger partial charge in [-0.15, -0.1) is 0 Å². The van der Waals surface area contributed by atoms with Crippen LogP contribution in [0.3, 0.4) is 0 Å². The molecule has 1 heterocycles. The molecule has 3 rings (SSSR count). The lowest BCUT2D eigenvalue weighted by Gasteiger charge is -2.29. The number of carbonyl (C=O) groups excluding carboxylic acids is 2. The van der Waals surface area contributed by atoms with Crippen LogP contribution in [0.2, 0.25) is 0 Å². The van der Waals surface area contributed by atoms with Crippen LogP contribution < -0.4 is 24.2 Å². The van der Waals surface area contributed by atoms with Gasteiger partial charge in [-0.05, 0) is 68.7 Å². The fraction of sp³-hybridized carbons (Fsp3) is 0.429. The number of ketones is 1. The predicted molar refractivity (Wildman–Crippen MR) is 135 cm³/mol. The van der Waals surface area contributed by atoms with Gasteiger partial charge in [0.25, 0.3) is 5.91 Å². The van der Waals surface area contributed by atoms with Crippen molar-refractivity contribution in [3.05, 3.63) is 58.7 Å². The number of aryl methyl sites for hydroxylation is 1. The molecular formula is C28H36N2O6. The van der Waals surface area contributed by atoms with Crippen molar-refractivity contribution < 1.29 is 33.8 Å². The van der Waals surface area contributed by atoms with Gasteiger partial charge in [-0.2, -0.15) is 0 Å². The van der Waals surface area contributed by atoms with Crippen molar-refractivity contribution in [1.82, 2.24) is 4.90 Å². The largest absolute Gasteiger partial charge is 0.872 e. The third-order valence-electron chi connectivity index (χ3n) is 6.70. The van der Waals surface area contributed by atoms with Gasteiger partial charge in [0.15, 0.2) is 11.5 Å². The smallest absolute Gasteiger partial charge is 0.295 e. The molecule has 1 N–H and O–H groups in total. The Kier molecular flexibility index (Phi) is 8.98. The summed E-state index contributed by atoms with van der Waals surface area (Å²) in [6.07, 6.45) is 0. The van der Waals surface area contributed by atoms with Gasteiger partial charge in [-0.1, -0.05) is 17.9 Å². The SMILES string of the molecule is CCOc1ccc(C2C(=C([O-])c3ccc(OC)c(C)c3)C(=O)C(=O)N2CC[NH+](CC)CC)cc1OC. The Morgan fingerprint density at radius 1 is 0.972 bits per heavy atom. The molecule has 0 aliphatic carbocycles. The van der Waals surface area contributed by atoms with Crippen molar-refractivity contribution in [3.8, 4) is 17.2 Å². The number of likely N-dealkylation sites (N-methyl/N-ethyl adjacent to an activating group) is 1. The first-order valence-electron chi connectivity index (χ1n) is 12.4. The van der Waals surface area contributed by atoms with E-state index in [-0.39, 0.29) is 5.57 Å². The number of hydrogen-bond donors (Lipinski definition) is 1. The van der Waals surface area contributed by atoms with Crippen molar-refractivity contribution in [2.24, 2.45) is 0 Å². The highest BCUT2D eigenvalue weighted by Crippen LogP contribution is 2.41. The van der Waals surface area contributed by atoms with Gasteiger partial charge in [0.05, 0.1) is 53.0 Å². The van der Waals surface area contributed by atoms with Gasteiger partial charge in [0.2, 0.25) is 5.78 Å². The number of Topliss-reactive ketones (excluding diaryl/α,β-unsaturated/α-hetero) is 1. The van der Waals surface area contributed by atoms with Gasteiger partial charge in [0.1, 0.15) is 5.75 Å². The van der Waals surface area contributed by atoms with Crippen LogP contribution in [0.5, 0.6) is 17.2 Å². The van der Waals surface area contributed by atoms with Gasteiger partial charge in [-0.3, -0.25) is 9.59 Å². The summed E-state index contributed by atoms with van der Waals surface area (Å²) in [5.41, 5.74) is 1.67. The Bertz CT molecular complexity index is 1140. The van der Waals surface area contributed by atoms with Crippen molar-refractivity contribution in [3.63, 3.8) is 0 Å². The van der Waals surface area contributed by atoms with E-state index in [0.29, 0.717) is 48.1 Å². The molecule has 0 saturated carbocycles. The lowest BCUT2D eigenvalue weighted by Crippen LogP contribution is -3.12. The molecule has 2 aromatic rings. The summed E-state index contributed by atoms with van der Waals surface area (Å²) in [6, 6.07) is 9.46. The summed E-state index contributed by atoms with van der Waals surface area (Å²) in [6.45, 7) is 11.1. The van der Waals surface area contributed by atoms with E-state index < -0.39 is 23.5 Å². The highest BCUT2D eigenvalue weighted by molar-refractivity contribution is 6.46. The van der Waals surface area contributed by atoms with Crippen LogP contribution in [0.1, 0.15) is 43.5 Å². The van der Waals surface area contributed by atoms with Crippen LogP contribution in [0.4, 0.5) is 0 Å². The second kappa shape index (κ2) is 11.9. The molecular weight excluding hydrogens is 460 g/mol. The number of benzene rings is 2. The molecule has 1 amide bonds. The minimum absolute atomic E-state index is 0.0506. The van der Waals surface area contributed by atoms with Gasteiger partial charge < -0.3 is 29.1 Å². The maximum atomic E-state index is 13.7. The highest BCUT2D eigenvalue weighted by Gasteiger charge is 2.44. The normalized spacial score (nSPS) is 17.1. The average Bonchev–Trinajstić information content (AvgIpc) is 3.14. The first-order valence-corrected chi connectivity index (χ1v) is 12.4. The zero-order valence-corrected chi connectivity index (χ0v) is 22.0. The first-order chi connectivity index (χ1) is 17.3. The average molecular weight is 497 g/mol. The quantitative estimate of drug-likeness (QED) is 0.288. The van der Waals surface area contributed by atoms with Crippen molar-refractivity contribution >= 4 is 17.4 Å². The molecule has 2 aromatic carbocycles. The van der Waals surface area contributed by atoms with Crippen LogP contribution in [-0.2, 0) is 9.59 Å². The van der Waals surface area contributed by atoms with Crippen molar-refractivity contribution in [2.75, 3.05) is 47.0 Å². The molecule has 0 bridgehead atoms. The fourth-order valence-corrected chi connectivity index (χ4v) is 4.63. The Morgan fingerprint density at radius 2 is 1.64 bits per heavy atom. The minimum Gasteiger partial charge on any atom is -0.872 e. The molecule has 0 spiro atoms. The summed E-state index contributed by atoms with van der Waals surface area (Å²) in [5.74, 6) is -0.217. The van der Waals surface area contributed by atoms with Gasteiger partial charge in [-0.25, -0.2) is 0 Å². The number of carbonyl (C=O) groups is 2. The Labute approximate surface area is 213 Å². The standard InChI is InChI=1S/C28H36N2O6/c1-7-29(8-2)14-15-30-25(19-10-13-22(36-9-3)23(17-19)35-6)24(27(32)28(30)33)26(31)20-11-12-21(34-5)18(4)16-20/h10-13,16-17,25,31H,7-9,14-15H2,1-6H3. The molecule has 1 aliphatic rings. The number of nitrogens with zero attached hydrogens (tertiary/aromatic N) is 1. The zero-order valence-electron chi connectivity index (χ0n) is 22.0. The summed E-state index contributed by atoms with van der Waals surface area (Å²) in [4.78, 5) is 29.3. The maximum absolute atomic E-state index is 13.7. The first kappa shape index (κ1) is 27.1. The number of rotatable bonds is 11. The summed E-state index contributed by atoms with van der Waals surface area (Å²) in [5, 5.41) is 13.7. The Balaban J connectivity index is 2.16. The van der Waals surface area contributed by atoms with Gasteiger partial charge in [0, 0.05) is 5.57 Å². The second-order valence-electron chi connectivity index (χ2n) is 8.71. The lowest BCUT2D eigenvalue weighted by atomic mass is 9.94. The molecule has 1 fully saturated rings. The topological polar surface area (TPSA) is 92.6 Å². The number of likely N-dealkylation sites (tertiary alicyclic amines) is 1. The number of quaternary nitrogens is 1.